The average molecular weight is 341 g/mol. The van der Waals surface area contributed by atoms with Gasteiger partial charge in [0, 0.05) is 15.8 Å². The van der Waals surface area contributed by atoms with Crippen LogP contribution >= 0.6 is 46.0 Å². The van der Waals surface area contributed by atoms with Crippen molar-refractivity contribution in [2.45, 2.75) is 24.9 Å². The van der Waals surface area contributed by atoms with Gasteiger partial charge in [-0.25, -0.2) is 9.97 Å². The summed E-state index contributed by atoms with van der Waals surface area (Å²) in [5, 5.41) is 6.31. The van der Waals surface area contributed by atoms with Gasteiger partial charge in [0.15, 0.2) is 0 Å². The van der Waals surface area contributed by atoms with Crippen molar-refractivity contribution in [1.29, 1.82) is 0 Å². The Kier molecular flexibility index (Phi) is 4.31. The summed E-state index contributed by atoms with van der Waals surface area (Å²) >= 11 is 11.6. The number of halogens is 1. The number of hydrogen-bond donors (Lipinski definition) is 0. The van der Waals surface area contributed by atoms with E-state index in [1.807, 2.05) is 17.8 Å². The van der Waals surface area contributed by atoms with Crippen LogP contribution in [0.15, 0.2) is 22.9 Å². The zero-order valence-corrected chi connectivity index (χ0v) is 14.3. The average Bonchev–Trinajstić information content (AvgIpc) is 3.04. The van der Waals surface area contributed by atoms with E-state index >= 15 is 0 Å². The van der Waals surface area contributed by atoms with E-state index in [2.05, 4.69) is 40.6 Å². The van der Waals surface area contributed by atoms with Gasteiger partial charge >= 0.3 is 0 Å². The van der Waals surface area contributed by atoms with E-state index in [1.165, 1.54) is 4.88 Å². The van der Waals surface area contributed by atoms with Crippen molar-refractivity contribution in [2.75, 3.05) is 0 Å². The maximum atomic E-state index is 6.39. The smallest absolute Gasteiger partial charge is 0.142 e. The Hall–Kier alpha value is -0.620. The lowest BCUT2D eigenvalue weighted by molar-refractivity contribution is 1.05. The molecule has 0 radical (unpaired) electrons. The molecule has 20 heavy (non-hydrogen) atoms. The van der Waals surface area contributed by atoms with Gasteiger partial charge in [0.25, 0.3) is 0 Å². The quantitative estimate of drug-likeness (QED) is 0.568. The minimum Gasteiger partial charge on any atom is -0.221 e. The lowest BCUT2D eigenvalue weighted by Crippen LogP contribution is -1.96. The van der Waals surface area contributed by atoms with Crippen LogP contribution in [0.25, 0.3) is 20.7 Å². The minimum atomic E-state index is 0.568. The Morgan fingerprint density at radius 3 is 2.85 bits per heavy atom. The maximum absolute atomic E-state index is 6.39. The number of nitrogens with zero attached hydrogens (tertiary/aromatic N) is 2. The van der Waals surface area contributed by atoms with E-state index in [4.69, 9.17) is 11.6 Å². The second-order valence-electron chi connectivity index (χ2n) is 4.60. The van der Waals surface area contributed by atoms with Crippen LogP contribution in [0.2, 0.25) is 5.15 Å². The van der Waals surface area contributed by atoms with E-state index in [0.29, 0.717) is 10.4 Å². The summed E-state index contributed by atoms with van der Waals surface area (Å²) in [4.78, 5) is 11.3. The van der Waals surface area contributed by atoms with Gasteiger partial charge in [-0.1, -0.05) is 31.5 Å². The molecule has 3 rings (SSSR count). The van der Waals surface area contributed by atoms with Crippen LogP contribution < -0.4 is 0 Å². The molecular formula is C14H13ClN2S3. The number of aromatic nitrogens is 2. The zero-order chi connectivity index (χ0) is 14.1. The number of thiophene rings is 2. The third-order valence-electron chi connectivity index (χ3n) is 2.77. The van der Waals surface area contributed by atoms with Crippen molar-refractivity contribution in [3.8, 4) is 10.4 Å². The first-order chi connectivity index (χ1) is 9.65. The van der Waals surface area contributed by atoms with E-state index in [0.717, 1.165) is 27.4 Å². The molecule has 0 aromatic carbocycles. The molecule has 0 atom stereocenters. The first-order valence-corrected chi connectivity index (χ1v) is 9.43. The van der Waals surface area contributed by atoms with Crippen LogP contribution in [0.4, 0.5) is 0 Å². The molecule has 2 nitrogen and oxygen atoms in total. The monoisotopic (exact) mass is 340 g/mol. The van der Waals surface area contributed by atoms with Gasteiger partial charge in [0.2, 0.25) is 0 Å². The Labute approximate surface area is 135 Å². The molecule has 3 heterocycles. The Bertz CT molecular complexity index is 719. The van der Waals surface area contributed by atoms with Crippen LogP contribution in [0, 0.1) is 0 Å². The highest BCUT2D eigenvalue weighted by Crippen LogP contribution is 2.38. The number of fused-ring (bicyclic) bond motifs is 1. The van der Waals surface area contributed by atoms with Crippen LogP contribution in [0.3, 0.4) is 0 Å². The molecule has 0 saturated heterocycles. The van der Waals surface area contributed by atoms with Gasteiger partial charge < -0.3 is 0 Å². The molecular weight excluding hydrogens is 328 g/mol. The fraction of sp³-hybridized carbons (Fsp3) is 0.286. The van der Waals surface area contributed by atoms with Crippen molar-refractivity contribution < 1.29 is 0 Å². The van der Waals surface area contributed by atoms with E-state index < -0.39 is 0 Å². The molecule has 0 spiro atoms. The van der Waals surface area contributed by atoms with Crippen molar-refractivity contribution in [3.63, 3.8) is 0 Å². The number of thioether (sulfide) groups is 1. The van der Waals surface area contributed by atoms with Crippen LogP contribution in [-0.4, -0.2) is 15.2 Å². The zero-order valence-electron chi connectivity index (χ0n) is 11.1. The summed E-state index contributed by atoms with van der Waals surface area (Å²) in [6.07, 6.45) is 0. The fourth-order valence-electron chi connectivity index (χ4n) is 1.86. The minimum absolute atomic E-state index is 0.568. The van der Waals surface area contributed by atoms with E-state index in [9.17, 15) is 0 Å². The molecule has 0 aliphatic heterocycles. The SMILES string of the molecule is CC(C)SCc1nc(Cl)c2c(-c3cccs3)csc2n1. The lowest BCUT2D eigenvalue weighted by Gasteiger charge is -2.05. The standard InChI is InChI=1S/C14H13ClN2S3/c1-8(2)19-7-11-16-13(15)12-9(6-20-14(12)17-11)10-4-3-5-18-10/h3-6,8H,7H2,1-2H3. The summed E-state index contributed by atoms with van der Waals surface area (Å²) in [5.74, 6) is 1.63. The number of hydrogen-bond acceptors (Lipinski definition) is 5. The second-order valence-corrected chi connectivity index (χ2v) is 8.33. The highest BCUT2D eigenvalue weighted by molar-refractivity contribution is 7.99. The molecule has 3 aromatic rings. The molecule has 3 aromatic heterocycles. The van der Waals surface area contributed by atoms with Gasteiger partial charge in [-0.2, -0.15) is 11.8 Å². The summed E-state index contributed by atoms with van der Waals surface area (Å²) < 4.78 is 0. The Balaban J connectivity index is 2.03. The molecule has 0 fully saturated rings. The van der Waals surface area contributed by atoms with Crippen LogP contribution in [0.5, 0.6) is 0 Å². The van der Waals surface area contributed by atoms with Crippen LogP contribution in [0.1, 0.15) is 19.7 Å². The van der Waals surface area contributed by atoms with Crippen molar-refractivity contribution in [2.24, 2.45) is 0 Å². The molecule has 0 aliphatic carbocycles. The van der Waals surface area contributed by atoms with E-state index in [-0.39, 0.29) is 0 Å². The molecule has 0 saturated carbocycles. The lowest BCUT2D eigenvalue weighted by atomic mass is 10.2. The second kappa shape index (κ2) is 6.02. The predicted octanol–water partition coefficient (Wildman–Crippen LogP) is 5.71. The van der Waals surface area contributed by atoms with Crippen molar-refractivity contribution in [1.82, 2.24) is 9.97 Å². The van der Waals surface area contributed by atoms with Crippen LogP contribution in [-0.2, 0) is 5.75 Å². The van der Waals surface area contributed by atoms with Crippen molar-refractivity contribution >= 4 is 56.3 Å². The third kappa shape index (κ3) is 2.86. The van der Waals surface area contributed by atoms with Gasteiger partial charge in [0.1, 0.15) is 15.8 Å². The fourth-order valence-corrected chi connectivity index (χ4v) is 4.60. The molecule has 0 bridgehead atoms. The topological polar surface area (TPSA) is 25.8 Å². The highest BCUT2D eigenvalue weighted by atomic mass is 35.5. The largest absolute Gasteiger partial charge is 0.221 e. The third-order valence-corrected chi connectivity index (χ3v) is 5.91. The van der Waals surface area contributed by atoms with Gasteiger partial charge in [-0.3, -0.25) is 0 Å². The summed E-state index contributed by atoms with van der Waals surface area (Å²) in [5.41, 5.74) is 1.15. The van der Waals surface area contributed by atoms with Crippen molar-refractivity contribution in [3.05, 3.63) is 33.9 Å². The summed E-state index contributed by atoms with van der Waals surface area (Å²) in [6.45, 7) is 4.34. The predicted molar refractivity (Wildman–Crippen MR) is 92.2 cm³/mol. The summed E-state index contributed by atoms with van der Waals surface area (Å²) in [7, 11) is 0. The maximum Gasteiger partial charge on any atom is 0.142 e. The Morgan fingerprint density at radius 1 is 1.30 bits per heavy atom. The van der Waals surface area contributed by atoms with Gasteiger partial charge in [-0.15, -0.1) is 22.7 Å². The molecule has 0 aliphatic rings. The Morgan fingerprint density at radius 2 is 2.15 bits per heavy atom. The molecule has 104 valence electrons. The van der Waals surface area contributed by atoms with Gasteiger partial charge in [0.05, 0.1) is 11.1 Å². The first kappa shape index (κ1) is 14.3. The van der Waals surface area contributed by atoms with E-state index in [1.54, 1.807) is 22.7 Å². The molecule has 0 unspecified atom stereocenters. The number of rotatable bonds is 4. The van der Waals surface area contributed by atoms with Gasteiger partial charge in [-0.05, 0) is 16.7 Å². The highest BCUT2D eigenvalue weighted by Gasteiger charge is 2.14. The first-order valence-electron chi connectivity index (χ1n) is 6.24. The molecule has 6 heteroatoms. The summed E-state index contributed by atoms with van der Waals surface area (Å²) in [6, 6.07) is 4.15. The molecule has 0 amide bonds. The molecule has 0 N–H and O–H groups in total. The normalized spacial score (nSPS) is 11.6.